The molecule has 0 bridgehead atoms. The molecule has 63 heavy (non-hydrogen) atoms. The van der Waals surface area contributed by atoms with Crippen molar-refractivity contribution in [3.63, 3.8) is 0 Å². The molecule has 3 saturated heterocycles. The van der Waals surface area contributed by atoms with Crippen molar-refractivity contribution in [2.75, 3.05) is 19.6 Å². The molecule has 0 saturated carbocycles. The summed E-state index contributed by atoms with van der Waals surface area (Å²) in [5, 5.41) is 117. The Kier molecular flexibility index (Phi) is 17.1. The molecule has 1 aromatic carbocycles. The van der Waals surface area contributed by atoms with Gasteiger partial charge < -0.3 is 93.6 Å². The number of phenolic OH excluding ortho intramolecular Hbond substituents is 2. The average molecular weight is 899 g/mol. The lowest BCUT2D eigenvalue weighted by Gasteiger charge is -2.34. The molecule has 25 heteroatoms. The highest BCUT2D eigenvalue weighted by atomic mass is 16.3. The highest BCUT2D eigenvalue weighted by Gasteiger charge is 2.50. The van der Waals surface area contributed by atoms with Gasteiger partial charge in [-0.1, -0.05) is 13.0 Å². The summed E-state index contributed by atoms with van der Waals surface area (Å²) in [5.41, 5.74) is 11.0. The highest BCUT2D eigenvalue weighted by Crippen LogP contribution is 2.32. The summed E-state index contributed by atoms with van der Waals surface area (Å²) < 4.78 is 0. The second kappa shape index (κ2) is 21.4. The summed E-state index contributed by atoms with van der Waals surface area (Å²) in [6.45, 7) is 0.924. The third kappa shape index (κ3) is 11.9. The second-order valence-corrected chi connectivity index (χ2v) is 16.2. The quantitative estimate of drug-likeness (QED) is 0.102. The van der Waals surface area contributed by atoms with Gasteiger partial charge in [-0.3, -0.25) is 33.6 Å². The topological polar surface area (TPSA) is 428 Å². The van der Waals surface area contributed by atoms with E-state index in [1.54, 1.807) is 6.92 Å². The molecular formula is C38H58N8O17. The minimum absolute atomic E-state index is 0.162. The minimum Gasteiger partial charge on any atom is -0.504 e. The maximum atomic E-state index is 14.5. The third-order valence-electron chi connectivity index (χ3n) is 11.6. The first kappa shape index (κ1) is 50.4. The Morgan fingerprint density at radius 2 is 1.46 bits per heavy atom. The number of nitrogens with zero attached hydrogens (tertiary/aromatic N) is 2. The van der Waals surface area contributed by atoms with Crippen LogP contribution < -0.4 is 32.7 Å². The van der Waals surface area contributed by atoms with Crippen molar-refractivity contribution in [3.05, 3.63) is 23.8 Å². The number of fused-ring (bicyclic) bond motifs is 2. The number of hydrogen-bond acceptors (Lipinski definition) is 18. The molecule has 0 aliphatic carbocycles. The van der Waals surface area contributed by atoms with Crippen LogP contribution in [0.15, 0.2) is 18.2 Å². The van der Waals surface area contributed by atoms with Crippen molar-refractivity contribution in [2.24, 2.45) is 23.3 Å². The summed E-state index contributed by atoms with van der Waals surface area (Å²) in [6, 6.07) is -6.16. The second-order valence-electron chi connectivity index (χ2n) is 16.2. The molecule has 0 radical (unpaired) electrons. The fourth-order valence-electron chi connectivity index (χ4n) is 7.82. The van der Waals surface area contributed by atoms with Crippen LogP contribution in [0.25, 0.3) is 0 Å². The van der Waals surface area contributed by atoms with E-state index in [1.807, 2.05) is 5.32 Å². The number of benzene rings is 1. The summed E-state index contributed by atoms with van der Waals surface area (Å²) in [6.07, 6.45) is -17.3. The summed E-state index contributed by atoms with van der Waals surface area (Å²) in [7, 11) is 0. The van der Waals surface area contributed by atoms with Gasteiger partial charge in [0.15, 0.2) is 17.7 Å². The van der Waals surface area contributed by atoms with Gasteiger partial charge in [-0.2, -0.15) is 0 Å². The van der Waals surface area contributed by atoms with E-state index in [9.17, 15) is 84.6 Å². The molecule has 15 unspecified atom stereocenters. The number of nitrogens with one attached hydrogen (secondary N) is 4. The van der Waals surface area contributed by atoms with Crippen molar-refractivity contribution < 1.29 is 84.6 Å². The van der Waals surface area contributed by atoms with Crippen LogP contribution in [0.4, 0.5) is 0 Å². The molecule has 3 aliphatic rings. The largest absolute Gasteiger partial charge is 0.504 e. The van der Waals surface area contributed by atoms with E-state index in [0.717, 1.165) is 34.9 Å². The fraction of sp³-hybridized carbons (Fsp3) is 0.658. The van der Waals surface area contributed by atoms with Crippen molar-refractivity contribution in [1.82, 2.24) is 31.1 Å². The molecule has 3 aliphatic heterocycles. The van der Waals surface area contributed by atoms with Crippen molar-refractivity contribution in [3.8, 4) is 11.5 Å². The van der Waals surface area contributed by atoms with Crippen LogP contribution in [0.2, 0.25) is 0 Å². The molecule has 4 rings (SSSR count). The predicted molar refractivity (Wildman–Crippen MR) is 211 cm³/mol. The molecule has 25 nitrogen and oxygen atoms in total. The van der Waals surface area contributed by atoms with Crippen molar-refractivity contribution in [2.45, 2.75) is 125 Å². The number of nitrogens with two attached hydrogens (primary N) is 2. The molecule has 3 fully saturated rings. The van der Waals surface area contributed by atoms with Crippen LogP contribution in [0.5, 0.6) is 11.5 Å². The smallest absolute Gasteiger partial charge is 0.248 e. The van der Waals surface area contributed by atoms with Gasteiger partial charge in [0.25, 0.3) is 0 Å². The lowest BCUT2D eigenvalue weighted by molar-refractivity contribution is -0.149. The Morgan fingerprint density at radius 1 is 0.825 bits per heavy atom. The first-order valence-electron chi connectivity index (χ1n) is 20.3. The highest BCUT2D eigenvalue weighted by molar-refractivity contribution is 5.96. The third-order valence-corrected chi connectivity index (χ3v) is 11.6. The van der Waals surface area contributed by atoms with Crippen molar-refractivity contribution >= 4 is 41.4 Å². The number of rotatable bonds is 9. The number of carbonyl (C=O) groups excluding carboxylic acids is 7. The zero-order valence-electron chi connectivity index (χ0n) is 34.4. The Balaban J connectivity index is 1.83. The number of aliphatic hydroxyl groups excluding tert-OH is 8. The normalized spacial score (nSPS) is 32.7. The Hall–Kier alpha value is -5.25. The van der Waals surface area contributed by atoms with E-state index in [-0.39, 0.29) is 18.5 Å². The maximum Gasteiger partial charge on any atom is 0.248 e. The number of hydrogen-bond donors (Lipinski definition) is 16. The summed E-state index contributed by atoms with van der Waals surface area (Å²) in [5.74, 6) is -12.3. The number of aliphatic hydroxyl groups is 8. The average Bonchev–Trinajstić information content (AvgIpc) is 3.79. The molecule has 1 aromatic rings. The van der Waals surface area contributed by atoms with Gasteiger partial charge in [0, 0.05) is 44.8 Å². The number of aromatic hydroxyl groups is 2. The lowest BCUT2D eigenvalue weighted by atomic mass is 9.91. The Bertz CT molecular complexity index is 1860. The zero-order valence-corrected chi connectivity index (χ0v) is 34.4. The van der Waals surface area contributed by atoms with E-state index in [1.165, 1.54) is 0 Å². The van der Waals surface area contributed by atoms with E-state index in [4.69, 9.17) is 11.5 Å². The molecule has 15 atom stereocenters. The van der Waals surface area contributed by atoms with Crippen LogP contribution in [0, 0.1) is 11.8 Å². The molecule has 18 N–H and O–H groups in total. The standard InChI is InChI=1S/C38H58N8O17/c1-3-15-12-46-28(29(15)54)36(61)44-35(60)24(52)10-19(39)33(58)42-26(14(2)47)37(62)45-13-17(48)9-20(45)34(59)41-11-18(31(56)30(55)16-4-5-21(49)23(51)8-16)32(57)43-27(38(46)63)22(50)6-7-25(40)53/h4-5,8,14-15,17-20,22,24,26-31,35,47-52,54-56,60H,3,6-7,9-13,39H2,1-2H3,(H2,40,53)(H,41,59)(H,42,58)(H,43,57)(H,44,61). The van der Waals surface area contributed by atoms with Crippen LogP contribution in [0.3, 0.4) is 0 Å². The minimum atomic E-state index is -2.26. The Morgan fingerprint density at radius 3 is 2.06 bits per heavy atom. The summed E-state index contributed by atoms with van der Waals surface area (Å²) >= 11 is 0. The van der Waals surface area contributed by atoms with Crippen LogP contribution in [0.1, 0.15) is 57.6 Å². The molecule has 0 aromatic heterocycles. The molecule has 7 amide bonds. The maximum absolute atomic E-state index is 14.5. The number of amides is 7. The number of primary amides is 1. The molecular weight excluding hydrogens is 840 g/mol. The predicted octanol–water partition coefficient (Wildman–Crippen LogP) is -7.71. The Labute approximate surface area is 360 Å². The fourth-order valence-corrected chi connectivity index (χ4v) is 7.82. The first-order chi connectivity index (χ1) is 29.5. The van der Waals surface area contributed by atoms with Crippen LogP contribution in [-0.4, -0.2) is 195 Å². The monoisotopic (exact) mass is 898 g/mol. The van der Waals surface area contributed by atoms with Crippen LogP contribution in [-0.2, 0) is 33.6 Å². The SMILES string of the molecule is CCC1CN2C(=O)C(C(O)CCC(N)=O)NC(=O)C(C(O)C(O)c3ccc(O)c(O)c3)CNC(=O)C3CC(O)CN3C(=O)C(C(C)O)NC(=O)C(N)CC(O)C(O)NC(=O)C2C1O. The lowest BCUT2D eigenvalue weighted by Crippen LogP contribution is -2.62. The van der Waals surface area contributed by atoms with Gasteiger partial charge >= 0.3 is 0 Å². The van der Waals surface area contributed by atoms with Crippen LogP contribution >= 0.6 is 0 Å². The van der Waals surface area contributed by atoms with Crippen molar-refractivity contribution in [1.29, 1.82) is 0 Å². The molecule has 3 heterocycles. The van der Waals surface area contributed by atoms with E-state index >= 15 is 0 Å². The van der Waals surface area contributed by atoms with Gasteiger partial charge in [0.1, 0.15) is 36.4 Å². The van der Waals surface area contributed by atoms with E-state index in [0.29, 0.717) is 0 Å². The van der Waals surface area contributed by atoms with Gasteiger partial charge in [-0.05, 0) is 37.5 Å². The number of carbonyl (C=O) groups is 7. The molecule has 352 valence electrons. The zero-order chi connectivity index (χ0) is 47.2. The van der Waals surface area contributed by atoms with E-state index in [2.05, 4.69) is 16.0 Å². The molecule has 0 spiro atoms. The number of phenols is 2. The van der Waals surface area contributed by atoms with Gasteiger partial charge in [0.2, 0.25) is 41.4 Å². The van der Waals surface area contributed by atoms with E-state index < -0.39 is 183 Å². The van der Waals surface area contributed by atoms with Gasteiger partial charge in [-0.15, -0.1) is 0 Å². The van der Waals surface area contributed by atoms with Gasteiger partial charge in [0.05, 0.1) is 42.5 Å². The first-order valence-corrected chi connectivity index (χ1v) is 20.3. The summed E-state index contributed by atoms with van der Waals surface area (Å²) in [4.78, 5) is 96.7. The van der Waals surface area contributed by atoms with Gasteiger partial charge in [-0.25, -0.2) is 0 Å².